The van der Waals surface area contributed by atoms with Gasteiger partial charge in [-0.1, -0.05) is 66.7 Å². The summed E-state index contributed by atoms with van der Waals surface area (Å²) in [7, 11) is -1.38. The van der Waals surface area contributed by atoms with Gasteiger partial charge >= 0.3 is 0 Å². The van der Waals surface area contributed by atoms with Crippen molar-refractivity contribution in [1.82, 2.24) is 9.80 Å². The van der Waals surface area contributed by atoms with Crippen LogP contribution in [0.3, 0.4) is 0 Å². The van der Waals surface area contributed by atoms with Gasteiger partial charge in [-0.05, 0) is 17.7 Å². The van der Waals surface area contributed by atoms with E-state index in [9.17, 15) is 13.8 Å². The molecule has 1 saturated heterocycles. The van der Waals surface area contributed by atoms with Crippen LogP contribution in [0.15, 0.2) is 78.9 Å². The first-order chi connectivity index (χ1) is 16.5. The Morgan fingerprint density at radius 1 is 0.794 bits per heavy atom. The number of hydrogen-bond acceptors (Lipinski definition) is 4. The molecule has 0 aromatic heterocycles. The zero-order chi connectivity index (χ0) is 23.9. The Labute approximate surface area is 202 Å². The van der Waals surface area contributed by atoms with Crippen LogP contribution in [0.1, 0.15) is 12.5 Å². The maximum absolute atomic E-state index is 12.9. The van der Waals surface area contributed by atoms with E-state index in [0.29, 0.717) is 37.7 Å². The molecular formula is C27H28N2O4S. The first-order valence-corrected chi connectivity index (χ1v) is 12.8. The van der Waals surface area contributed by atoms with Crippen LogP contribution in [0.25, 0.3) is 11.1 Å². The number of piperazine rings is 1. The monoisotopic (exact) mass is 476 g/mol. The molecule has 2 amide bonds. The number of hydrogen-bond donors (Lipinski definition) is 0. The second kappa shape index (κ2) is 11.1. The Kier molecular flexibility index (Phi) is 7.75. The predicted octanol–water partition coefficient (Wildman–Crippen LogP) is 4.09. The molecule has 1 atom stereocenters. The molecule has 0 N–H and O–H groups in total. The van der Waals surface area contributed by atoms with Crippen LogP contribution in [0.4, 0.5) is 0 Å². The van der Waals surface area contributed by atoms with Gasteiger partial charge in [0.05, 0.1) is 5.75 Å². The molecule has 4 rings (SSSR count). The first-order valence-electron chi connectivity index (χ1n) is 11.3. The maximum atomic E-state index is 12.9. The van der Waals surface area contributed by atoms with Gasteiger partial charge in [-0.25, -0.2) is 0 Å². The van der Waals surface area contributed by atoms with Crippen molar-refractivity contribution in [3.8, 4) is 22.6 Å². The third-order valence-corrected chi connectivity index (χ3v) is 7.04. The highest BCUT2D eigenvalue weighted by Crippen LogP contribution is 2.34. The minimum Gasteiger partial charge on any atom is -0.456 e. The Morgan fingerprint density at radius 2 is 1.38 bits per heavy atom. The van der Waals surface area contributed by atoms with Crippen LogP contribution in [0.2, 0.25) is 0 Å². The molecular weight excluding hydrogens is 448 g/mol. The quantitative estimate of drug-likeness (QED) is 0.515. The zero-order valence-electron chi connectivity index (χ0n) is 19.2. The molecule has 7 heteroatoms. The number of amides is 2. The maximum Gasteiger partial charge on any atom is 0.235 e. The molecule has 3 aromatic carbocycles. The SMILES string of the molecule is CC(=O)N1CCN(C(=O)CS(=O)Cc2ccccc2Oc2ccccc2-c2ccccc2)CC1. The van der Waals surface area contributed by atoms with Crippen molar-refractivity contribution in [3.63, 3.8) is 0 Å². The second-order valence-corrected chi connectivity index (χ2v) is 9.64. The Bertz CT molecular complexity index is 1170. The van der Waals surface area contributed by atoms with E-state index < -0.39 is 10.8 Å². The normalized spacial score (nSPS) is 14.5. The van der Waals surface area contributed by atoms with Gasteiger partial charge in [-0.15, -0.1) is 0 Å². The molecule has 0 radical (unpaired) electrons. The van der Waals surface area contributed by atoms with E-state index in [2.05, 4.69) is 0 Å². The number of carbonyl (C=O) groups excluding carboxylic acids is 2. The minimum atomic E-state index is -1.38. The highest BCUT2D eigenvalue weighted by Gasteiger charge is 2.24. The molecule has 1 fully saturated rings. The van der Waals surface area contributed by atoms with Crippen molar-refractivity contribution >= 4 is 22.6 Å². The summed E-state index contributed by atoms with van der Waals surface area (Å²) in [5.74, 6) is 1.39. The van der Waals surface area contributed by atoms with Gasteiger partial charge in [-0.3, -0.25) is 13.8 Å². The first kappa shape index (κ1) is 23.7. The summed E-state index contributed by atoms with van der Waals surface area (Å²) < 4.78 is 19.2. The Balaban J connectivity index is 1.42. The Morgan fingerprint density at radius 3 is 2.09 bits per heavy atom. The average molecular weight is 477 g/mol. The van der Waals surface area contributed by atoms with E-state index in [1.165, 1.54) is 6.92 Å². The predicted molar refractivity (Wildman–Crippen MR) is 134 cm³/mol. The Hall–Kier alpha value is -3.45. The van der Waals surface area contributed by atoms with Gasteiger partial charge in [0, 0.05) is 55.0 Å². The van der Waals surface area contributed by atoms with E-state index in [1.54, 1.807) is 9.80 Å². The number of nitrogens with zero attached hydrogens (tertiary/aromatic N) is 2. The molecule has 0 spiro atoms. The lowest BCUT2D eigenvalue weighted by molar-refractivity contribution is -0.136. The molecule has 0 aliphatic carbocycles. The molecule has 176 valence electrons. The molecule has 34 heavy (non-hydrogen) atoms. The molecule has 0 saturated carbocycles. The van der Waals surface area contributed by atoms with Crippen LogP contribution in [0, 0.1) is 0 Å². The smallest absolute Gasteiger partial charge is 0.235 e. The van der Waals surface area contributed by atoms with Gasteiger partial charge in [-0.2, -0.15) is 0 Å². The van der Waals surface area contributed by atoms with E-state index in [4.69, 9.17) is 4.74 Å². The average Bonchev–Trinajstić information content (AvgIpc) is 2.86. The molecule has 0 bridgehead atoms. The zero-order valence-corrected chi connectivity index (χ0v) is 20.0. The van der Waals surface area contributed by atoms with Crippen molar-refractivity contribution in [2.45, 2.75) is 12.7 Å². The van der Waals surface area contributed by atoms with Gasteiger partial charge in [0.25, 0.3) is 0 Å². The molecule has 1 heterocycles. The topological polar surface area (TPSA) is 66.9 Å². The second-order valence-electron chi connectivity index (χ2n) is 8.19. The number of carbonyl (C=O) groups is 2. The van der Waals surface area contributed by atoms with Gasteiger partial charge in [0.2, 0.25) is 11.8 Å². The largest absolute Gasteiger partial charge is 0.456 e. The number of para-hydroxylation sites is 2. The van der Waals surface area contributed by atoms with Gasteiger partial charge < -0.3 is 14.5 Å². The van der Waals surface area contributed by atoms with Crippen molar-refractivity contribution in [2.24, 2.45) is 0 Å². The molecule has 3 aromatic rings. The summed E-state index contributed by atoms with van der Waals surface area (Å²) in [6.07, 6.45) is 0. The third kappa shape index (κ3) is 5.91. The van der Waals surface area contributed by atoms with Crippen LogP contribution in [-0.4, -0.2) is 57.8 Å². The summed E-state index contributed by atoms with van der Waals surface area (Å²) in [4.78, 5) is 27.5. The van der Waals surface area contributed by atoms with Crippen LogP contribution in [-0.2, 0) is 26.1 Å². The summed E-state index contributed by atoms with van der Waals surface area (Å²) >= 11 is 0. The summed E-state index contributed by atoms with van der Waals surface area (Å²) in [5, 5.41) is 0. The van der Waals surface area contributed by atoms with Gasteiger partial charge in [0.15, 0.2) is 0 Å². The van der Waals surface area contributed by atoms with E-state index in [-0.39, 0.29) is 23.3 Å². The minimum absolute atomic E-state index is 0.0149. The van der Waals surface area contributed by atoms with Crippen molar-refractivity contribution in [3.05, 3.63) is 84.4 Å². The lowest BCUT2D eigenvalue weighted by Crippen LogP contribution is -2.51. The van der Waals surface area contributed by atoms with Crippen LogP contribution < -0.4 is 4.74 Å². The fraction of sp³-hybridized carbons (Fsp3) is 0.259. The third-order valence-electron chi connectivity index (χ3n) is 5.84. The molecule has 1 aliphatic heterocycles. The molecule has 1 aliphatic rings. The van der Waals surface area contributed by atoms with E-state index in [0.717, 1.165) is 16.7 Å². The van der Waals surface area contributed by atoms with Crippen molar-refractivity contribution in [1.29, 1.82) is 0 Å². The van der Waals surface area contributed by atoms with E-state index >= 15 is 0 Å². The summed E-state index contributed by atoms with van der Waals surface area (Å²) in [6, 6.07) is 25.3. The van der Waals surface area contributed by atoms with Crippen LogP contribution >= 0.6 is 0 Å². The fourth-order valence-electron chi connectivity index (χ4n) is 3.98. The fourth-order valence-corrected chi connectivity index (χ4v) is 5.12. The van der Waals surface area contributed by atoms with Crippen molar-refractivity contribution in [2.75, 3.05) is 31.9 Å². The number of benzene rings is 3. The van der Waals surface area contributed by atoms with Crippen molar-refractivity contribution < 1.29 is 18.5 Å². The summed E-state index contributed by atoms with van der Waals surface area (Å²) in [6.45, 7) is 3.53. The molecule has 1 unspecified atom stereocenters. The lowest BCUT2D eigenvalue weighted by Gasteiger charge is -2.34. The highest BCUT2D eigenvalue weighted by molar-refractivity contribution is 7.84. The van der Waals surface area contributed by atoms with Crippen LogP contribution in [0.5, 0.6) is 11.5 Å². The van der Waals surface area contributed by atoms with E-state index in [1.807, 2.05) is 78.9 Å². The van der Waals surface area contributed by atoms with Gasteiger partial charge in [0.1, 0.15) is 17.3 Å². The highest BCUT2D eigenvalue weighted by atomic mass is 32.2. The number of ether oxygens (including phenoxy) is 1. The number of rotatable bonds is 7. The molecule has 6 nitrogen and oxygen atoms in total. The standard InChI is InChI=1S/C27H28N2O4S/c1-21(30)28-15-17-29(18-16-28)27(31)20-34(32)19-23-11-5-7-13-25(23)33-26-14-8-6-12-24(26)22-9-3-2-4-10-22/h2-14H,15-20H2,1H3. The lowest BCUT2D eigenvalue weighted by atomic mass is 10.0. The summed E-state index contributed by atoms with van der Waals surface area (Å²) in [5.41, 5.74) is 2.81.